The summed E-state index contributed by atoms with van der Waals surface area (Å²) in [5.74, 6) is 0.494. The second-order valence-electron chi connectivity index (χ2n) is 6.10. The van der Waals surface area contributed by atoms with E-state index in [4.69, 9.17) is 0 Å². The molecule has 1 aliphatic rings. The highest BCUT2D eigenvalue weighted by molar-refractivity contribution is 5.82. The monoisotopic (exact) mass is 276 g/mol. The maximum absolute atomic E-state index is 12.2. The number of hydrogen-bond donors (Lipinski definition) is 0. The van der Waals surface area contributed by atoms with Gasteiger partial charge in [-0.3, -0.25) is 4.79 Å². The van der Waals surface area contributed by atoms with Crippen molar-refractivity contribution < 1.29 is 4.79 Å². The quantitative estimate of drug-likeness (QED) is 0.565. The molecule has 0 saturated heterocycles. The number of rotatable bonds is 2. The van der Waals surface area contributed by atoms with E-state index in [1.807, 2.05) is 6.08 Å². The predicted octanol–water partition coefficient (Wildman–Crippen LogP) is 6.00. The normalized spacial score (nSPS) is 24.4. The zero-order valence-electron chi connectivity index (χ0n) is 13.1. The number of hydrogen-bond acceptors (Lipinski definition) is 1. The van der Waals surface area contributed by atoms with E-state index >= 15 is 0 Å². The van der Waals surface area contributed by atoms with Gasteiger partial charge in [-0.2, -0.15) is 0 Å². The highest BCUT2D eigenvalue weighted by Crippen LogP contribution is 2.17. The van der Waals surface area contributed by atoms with Crippen LogP contribution in [0, 0.1) is 5.92 Å². The summed E-state index contributed by atoms with van der Waals surface area (Å²) in [5, 5.41) is 0. The molecule has 0 spiro atoms. The summed E-state index contributed by atoms with van der Waals surface area (Å²) in [6, 6.07) is 0. The Balaban J connectivity index is 2.44. The highest BCUT2D eigenvalue weighted by Gasteiger charge is 2.13. The van der Waals surface area contributed by atoms with Gasteiger partial charge in [0, 0.05) is 12.3 Å². The minimum absolute atomic E-state index is 0.0837. The van der Waals surface area contributed by atoms with Crippen molar-refractivity contribution in [3.05, 3.63) is 24.8 Å². The van der Waals surface area contributed by atoms with Gasteiger partial charge in [-0.05, 0) is 25.7 Å². The number of Topliss-reactive ketones (excluding diaryl/α,β-unsaturated/α-hetero) is 1. The maximum Gasteiger partial charge on any atom is 0.140 e. The van der Waals surface area contributed by atoms with Crippen molar-refractivity contribution in [2.45, 2.75) is 83.5 Å². The van der Waals surface area contributed by atoms with E-state index in [1.54, 1.807) is 0 Å². The first-order chi connectivity index (χ1) is 9.84. The molecule has 0 bridgehead atoms. The summed E-state index contributed by atoms with van der Waals surface area (Å²) in [7, 11) is 0. The number of carbonyl (C=O) groups is 1. The molecule has 1 unspecified atom stereocenters. The van der Waals surface area contributed by atoms with Gasteiger partial charge in [-0.25, -0.2) is 0 Å². The number of allylic oxidation sites excluding steroid dienone is 3. The van der Waals surface area contributed by atoms with Crippen molar-refractivity contribution >= 4 is 5.78 Å². The Bertz CT molecular complexity index is 290. The molecule has 0 radical (unpaired) electrons. The molecule has 1 nitrogen and oxygen atoms in total. The van der Waals surface area contributed by atoms with E-state index in [1.165, 1.54) is 57.8 Å². The molecule has 1 aliphatic carbocycles. The molecular weight excluding hydrogens is 244 g/mol. The van der Waals surface area contributed by atoms with Crippen LogP contribution in [0.15, 0.2) is 24.8 Å². The van der Waals surface area contributed by atoms with Crippen LogP contribution in [0.5, 0.6) is 0 Å². The van der Waals surface area contributed by atoms with Crippen LogP contribution in [-0.2, 0) is 4.79 Å². The zero-order chi connectivity index (χ0) is 14.5. The Morgan fingerprint density at radius 2 is 1.50 bits per heavy atom. The second-order valence-corrected chi connectivity index (χ2v) is 6.10. The Kier molecular flexibility index (Phi) is 10.3. The van der Waals surface area contributed by atoms with Crippen molar-refractivity contribution in [3.63, 3.8) is 0 Å². The second kappa shape index (κ2) is 11.9. The fourth-order valence-electron chi connectivity index (χ4n) is 2.92. The van der Waals surface area contributed by atoms with Crippen molar-refractivity contribution in [2.24, 2.45) is 5.92 Å². The number of carbonyl (C=O) groups excluding carboxylic acids is 1. The summed E-state index contributed by atoms with van der Waals surface area (Å²) >= 11 is 0. The lowest BCUT2D eigenvalue weighted by atomic mass is 9.94. The van der Waals surface area contributed by atoms with E-state index in [2.05, 4.69) is 18.7 Å². The fourth-order valence-corrected chi connectivity index (χ4v) is 2.92. The summed E-state index contributed by atoms with van der Waals surface area (Å²) in [5.41, 5.74) is 0. The molecule has 114 valence electrons. The van der Waals surface area contributed by atoms with E-state index in [0.29, 0.717) is 5.78 Å². The molecule has 0 fully saturated rings. The summed E-state index contributed by atoms with van der Waals surface area (Å²) in [6.45, 7) is 3.78. The molecular formula is C19H32O. The third kappa shape index (κ3) is 8.35. The molecule has 0 saturated carbocycles. The standard InChI is InChI=1S/C19H32O/c1-2-15-18-16-13-11-9-7-5-3-4-6-8-10-12-14-17-19(18)20/h2,13,16,18H,1,3-12,14-15,17H2. The summed E-state index contributed by atoms with van der Waals surface area (Å²) in [6.07, 6.45) is 22.0. The Hall–Kier alpha value is -0.850. The molecule has 1 heteroatoms. The third-order valence-corrected chi connectivity index (χ3v) is 4.25. The fraction of sp³-hybridized carbons (Fsp3) is 0.737. The molecule has 20 heavy (non-hydrogen) atoms. The van der Waals surface area contributed by atoms with Gasteiger partial charge in [0.1, 0.15) is 5.78 Å². The molecule has 0 aromatic carbocycles. The van der Waals surface area contributed by atoms with Crippen LogP contribution in [0.2, 0.25) is 0 Å². The van der Waals surface area contributed by atoms with Crippen LogP contribution >= 0.6 is 0 Å². The van der Waals surface area contributed by atoms with Crippen LogP contribution in [-0.4, -0.2) is 5.78 Å². The van der Waals surface area contributed by atoms with Gasteiger partial charge >= 0.3 is 0 Å². The van der Waals surface area contributed by atoms with Crippen molar-refractivity contribution in [2.75, 3.05) is 0 Å². The first-order valence-electron chi connectivity index (χ1n) is 8.65. The van der Waals surface area contributed by atoms with Gasteiger partial charge in [-0.1, -0.05) is 69.6 Å². The van der Waals surface area contributed by atoms with Gasteiger partial charge in [0.2, 0.25) is 0 Å². The number of ketones is 1. The van der Waals surface area contributed by atoms with E-state index in [-0.39, 0.29) is 5.92 Å². The lowest BCUT2D eigenvalue weighted by Crippen LogP contribution is -2.11. The Morgan fingerprint density at radius 1 is 0.950 bits per heavy atom. The van der Waals surface area contributed by atoms with Gasteiger partial charge in [-0.15, -0.1) is 6.58 Å². The maximum atomic E-state index is 12.2. The van der Waals surface area contributed by atoms with E-state index < -0.39 is 0 Å². The highest BCUT2D eigenvalue weighted by atomic mass is 16.1. The topological polar surface area (TPSA) is 17.1 Å². The van der Waals surface area contributed by atoms with Gasteiger partial charge in [0.05, 0.1) is 0 Å². The molecule has 0 heterocycles. The van der Waals surface area contributed by atoms with Crippen LogP contribution in [0.3, 0.4) is 0 Å². The Labute approximate surface area is 125 Å². The van der Waals surface area contributed by atoms with Gasteiger partial charge < -0.3 is 0 Å². The first-order valence-corrected chi connectivity index (χ1v) is 8.65. The summed E-state index contributed by atoms with van der Waals surface area (Å²) in [4.78, 5) is 12.2. The van der Waals surface area contributed by atoms with Gasteiger partial charge in [0.15, 0.2) is 0 Å². The minimum atomic E-state index is 0.0837. The largest absolute Gasteiger partial charge is 0.299 e. The molecule has 1 atom stereocenters. The third-order valence-electron chi connectivity index (χ3n) is 4.25. The lowest BCUT2D eigenvalue weighted by Gasteiger charge is -2.10. The zero-order valence-corrected chi connectivity index (χ0v) is 13.1. The summed E-state index contributed by atoms with van der Waals surface area (Å²) < 4.78 is 0. The van der Waals surface area contributed by atoms with Crippen molar-refractivity contribution in [1.82, 2.24) is 0 Å². The van der Waals surface area contributed by atoms with Crippen molar-refractivity contribution in [1.29, 1.82) is 0 Å². The van der Waals surface area contributed by atoms with Crippen LogP contribution in [0.1, 0.15) is 83.5 Å². The molecule has 1 rings (SSSR count). The molecule has 0 aromatic heterocycles. The smallest absolute Gasteiger partial charge is 0.140 e. The SMILES string of the molecule is C=CCC1C=CCCCCCCCCCCCCC1=O. The minimum Gasteiger partial charge on any atom is -0.299 e. The van der Waals surface area contributed by atoms with Crippen molar-refractivity contribution in [3.8, 4) is 0 Å². The molecule has 0 aromatic rings. The average molecular weight is 276 g/mol. The predicted molar refractivity (Wildman–Crippen MR) is 87.9 cm³/mol. The van der Waals surface area contributed by atoms with E-state index in [9.17, 15) is 4.79 Å². The molecule has 0 N–H and O–H groups in total. The van der Waals surface area contributed by atoms with E-state index in [0.717, 1.165) is 25.7 Å². The van der Waals surface area contributed by atoms with Crippen LogP contribution in [0.4, 0.5) is 0 Å². The lowest BCUT2D eigenvalue weighted by molar-refractivity contribution is -0.121. The molecule has 0 amide bonds. The first kappa shape index (κ1) is 17.2. The van der Waals surface area contributed by atoms with Crippen LogP contribution < -0.4 is 0 Å². The average Bonchev–Trinajstić information content (AvgIpc) is 2.45. The Morgan fingerprint density at radius 3 is 2.10 bits per heavy atom. The van der Waals surface area contributed by atoms with Crippen LogP contribution in [0.25, 0.3) is 0 Å². The molecule has 0 aliphatic heterocycles. The van der Waals surface area contributed by atoms with Gasteiger partial charge in [0.25, 0.3) is 0 Å².